The maximum Gasteiger partial charge on any atom is 0.333 e. The Morgan fingerprint density at radius 1 is 0.795 bits per heavy atom. The number of hydrogen-bond acceptors (Lipinski definition) is 9. The summed E-state index contributed by atoms with van der Waals surface area (Å²) in [5.41, 5.74) is 2.42. The van der Waals surface area contributed by atoms with Gasteiger partial charge in [0.1, 0.15) is 6.10 Å². The third-order valence-corrected chi connectivity index (χ3v) is 4.47. The zero-order valence-electron chi connectivity index (χ0n) is 27.8. The van der Waals surface area contributed by atoms with Crippen molar-refractivity contribution >= 4 is 30.0 Å². The summed E-state index contributed by atoms with van der Waals surface area (Å²) >= 11 is 0. The predicted octanol–water partition coefficient (Wildman–Crippen LogP) is 6.97. The molecule has 0 saturated carbocycles. The number of aliphatic hydroxyl groups excluding tert-OH is 1. The third-order valence-electron chi connectivity index (χ3n) is 4.47. The Bertz CT molecular complexity index is 995. The minimum atomic E-state index is -0.457. The van der Waals surface area contributed by atoms with Crippen LogP contribution in [0.1, 0.15) is 72.8 Å². The third kappa shape index (κ3) is 35.8. The number of aliphatic hydroxyl groups is 1. The zero-order valence-corrected chi connectivity index (χ0v) is 27.8. The van der Waals surface area contributed by atoms with Gasteiger partial charge < -0.3 is 24.1 Å². The van der Waals surface area contributed by atoms with E-state index in [0.717, 1.165) is 25.7 Å². The van der Waals surface area contributed by atoms with Crippen LogP contribution in [0.15, 0.2) is 86.0 Å². The molecule has 0 saturated heterocycles. The van der Waals surface area contributed by atoms with E-state index in [9.17, 15) is 19.2 Å². The molecule has 0 heterocycles. The Hall–Kier alpha value is -4.24. The van der Waals surface area contributed by atoms with E-state index in [1.165, 1.54) is 18.7 Å². The van der Waals surface area contributed by atoms with Crippen LogP contribution in [0.25, 0.3) is 6.08 Å². The van der Waals surface area contributed by atoms with Gasteiger partial charge >= 0.3 is 23.9 Å². The number of ether oxygens (including phenoxy) is 4. The molecule has 0 bridgehead atoms. The molecule has 0 radical (unpaired) electrons. The normalized spacial score (nSPS) is 9.36. The van der Waals surface area contributed by atoms with Crippen LogP contribution in [0.5, 0.6) is 0 Å². The highest BCUT2D eigenvalue weighted by Crippen LogP contribution is 1.98. The van der Waals surface area contributed by atoms with Crippen molar-refractivity contribution in [1.29, 1.82) is 0 Å². The van der Waals surface area contributed by atoms with Crippen LogP contribution in [-0.2, 0) is 38.1 Å². The molecular weight excluding hydrogens is 564 g/mol. The van der Waals surface area contributed by atoms with Crippen molar-refractivity contribution in [2.24, 2.45) is 0 Å². The van der Waals surface area contributed by atoms with Gasteiger partial charge in [-0.25, -0.2) is 19.2 Å². The first-order chi connectivity index (χ1) is 20.7. The van der Waals surface area contributed by atoms with Crippen molar-refractivity contribution in [3.05, 3.63) is 91.6 Å². The van der Waals surface area contributed by atoms with Gasteiger partial charge in [0.25, 0.3) is 0 Å². The highest BCUT2D eigenvalue weighted by molar-refractivity contribution is 5.87. The number of methoxy groups -OCH3 is 1. The van der Waals surface area contributed by atoms with Crippen molar-refractivity contribution in [3.63, 3.8) is 0 Å². The van der Waals surface area contributed by atoms with Gasteiger partial charge in [0, 0.05) is 22.8 Å². The highest BCUT2D eigenvalue weighted by atomic mass is 16.6. The molecule has 0 aliphatic rings. The Labute approximate surface area is 264 Å². The van der Waals surface area contributed by atoms with E-state index in [0.29, 0.717) is 29.9 Å². The Morgan fingerprint density at radius 3 is 1.55 bits per heavy atom. The van der Waals surface area contributed by atoms with E-state index in [1.54, 1.807) is 27.7 Å². The lowest BCUT2D eigenvalue weighted by atomic mass is 10.2. The summed E-state index contributed by atoms with van der Waals surface area (Å²) in [6.07, 6.45) is 6.52. The first-order valence-corrected chi connectivity index (χ1v) is 14.2. The first kappa shape index (κ1) is 46.7. The Kier molecular flexibility index (Phi) is 35.3. The van der Waals surface area contributed by atoms with Crippen molar-refractivity contribution in [1.82, 2.24) is 0 Å². The minimum Gasteiger partial charge on any atom is -0.466 e. The molecule has 1 rings (SSSR count). The molecule has 1 N–H and O–H groups in total. The van der Waals surface area contributed by atoms with E-state index in [4.69, 9.17) is 9.84 Å². The monoisotopic (exact) mass is 618 g/mol. The Morgan fingerprint density at radius 2 is 1.25 bits per heavy atom. The highest BCUT2D eigenvalue weighted by Gasteiger charge is 2.07. The number of unbranched alkanes of at least 4 members (excludes halogenated alkanes) is 2. The van der Waals surface area contributed by atoms with Gasteiger partial charge in [-0.3, -0.25) is 0 Å². The fraction of sp³-hybridized carbons (Fsp3) is 0.429. The number of carbonyl (C=O) groups excluding carboxylic acids is 4. The van der Waals surface area contributed by atoms with Gasteiger partial charge in [-0.15, -0.1) is 0 Å². The van der Waals surface area contributed by atoms with Crippen molar-refractivity contribution in [3.8, 4) is 0 Å². The lowest BCUT2D eigenvalue weighted by Crippen LogP contribution is -2.18. The second kappa shape index (κ2) is 33.3. The molecule has 0 fully saturated rings. The van der Waals surface area contributed by atoms with E-state index < -0.39 is 12.1 Å². The van der Waals surface area contributed by atoms with Gasteiger partial charge in [-0.05, 0) is 46.1 Å². The summed E-state index contributed by atoms with van der Waals surface area (Å²) in [7, 11) is 1.33. The molecule has 9 heteroatoms. The average molecular weight is 619 g/mol. The van der Waals surface area contributed by atoms with Crippen LogP contribution in [0, 0.1) is 0 Å². The number of benzene rings is 1. The van der Waals surface area contributed by atoms with E-state index in [-0.39, 0.29) is 24.5 Å². The Balaban J connectivity index is -0.000000228. The van der Waals surface area contributed by atoms with Gasteiger partial charge in [0.05, 0.1) is 26.9 Å². The van der Waals surface area contributed by atoms with Crippen LogP contribution < -0.4 is 0 Å². The number of carbonyl (C=O) groups is 4. The van der Waals surface area contributed by atoms with Gasteiger partial charge in [-0.1, -0.05) is 96.0 Å². The van der Waals surface area contributed by atoms with Gasteiger partial charge in [-0.2, -0.15) is 0 Å². The van der Waals surface area contributed by atoms with E-state index in [1.807, 2.05) is 43.3 Å². The van der Waals surface area contributed by atoms with Crippen LogP contribution >= 0.6 is 0 Å². The fourth-order valence-electron chi connectivity index (χ4n) is 1.89. The minimum absolute atomic E-state index is 0.154. The molecule has 248 valence electrons. The van der Waals surface area contributed by atoms with Crippen LogP contribution in [0.4, 0.5) is 0 Å². The van der Waals surface area contributed by atoms with Crippen molar-refractivity contribution in [2.45, 2.75) is 73.3 Å². The molecule has 44 heavy (non-hydrogen) atoms. The standard InChI is InChI=1S/C8H14O2.C8H8.C7H12O3.C7H12O2.C5H8O2/c1-4-5-6-10-8(9)7(2)3;1-2-8-6-4-3-5-7-8;1-5(2)7(9)10-6(3)4-8;1-3-5-6-9-7(8)4-2;1-4(2)5(6)7-3/h2,4-6H2,1,3H3;2-7H,1H2;6,8H,1,4H2,2-3H3;4H,2-3,5-6H2,1H3;1H2,2-3H3/t;;6-;;/m..1../s1. The second-order valence-corrected chi connectivity index (χ2v) is 9.06. The van der Waals surface area contributed by atoms with Crippen molar-refractivity contribution < 1.29 is 43.2 Å². The van der Waals surface area contributed by atoms with Crippen LogP contribution in [0.3, 0.4) is 0 Å². The largest absolute Gasteiger partial charge is 0.466 e. The van der Waals surface area contributed by atoms with Gasteiger partial charge in [0.2, 0.25) is 0 Å². The summed E-state index contributed by atoms with van der Waals surface area (Å²) in [5, 5.41) is 8.46. The molecule has 0 unspecified atom stereocenters. The number of hydrogen-bond donors (Lipinski definition) is 1. The summed E-state index contributed by atoms with van der Waals surface area (Å²) in [6, 6.07) is 10.0. The summed E-state index contributed by atoms with van der Waals surface area (Å²) in [5.74, 6) is -1.42. The predicted molar refractivity (Wildman–Crippen MR) is 178 cm³/mol. The van der Waals surface area contributed by atoms with Crippen LogP contribution in [-0.4, -0.2) is 62.0 Å². The number of esters is 4. The molecule has 9 nitrogen and oxygen atoms in total. The maximum atomic E-state index is 10.7. The molecule has 1 atom stereocenters. The molecule has 1 aromatic carbocycles. The molecule has 0 aliphatic heterocycles. The SMILES string of the molecule is C=C(C)C(=O)OC.C=C(C)C(=O)OCCCC.C=C(C)C(=O)O[C@H](C)CO.C=CC(=O)OCCCC.C=Cc1ccccc1. The van der Waals surface area contributed by atoms with E-state index in [2.05, 4.69) is 54.0 Å². The van der Waals surface area contributed by atoms with Crippen LogP contribution in [0.2, 0.25) is 0 Å². The quantitative estimate of drug-likeness (QED) is 0.108. The van der Waals surface area contributed by atoms with E-state index >= 15 is 0 Å². The molecule has 0 aromatic heterocycles. The lowest BCUT2D eigenvalue weighted by molar-refractivity contribution is -0.145. The summed E-state index contributed by atoms with van der Waals surface area (Å²) < 4.78 is 18.4. The smallest absolute Gasteiger partial charge is 0.333 e. The van der Waals surface area contributed by atoms with Gasteiger partial charge in [0.15, 0.2) is 0 Å². The zero-order chi connectivity index (χ0) is 34.9. The maximum absolute atomic E-state index is 10.7. The lowest BCUT2D eigenvalue weighted by Gasteiger charge is -2.08. The molecular formula is C35H54O9. The second-order valence-electron chi connectivity index (χ2n) is 9.06. The fourth-order valence-corrected chi connectivity index (χ4v) is 1.89. The topological polar surface area (TPSA) is 125 Å². The summed E-state index contributed by atoms with van der Waals surface area (Å²) in [4.78, 5) is 41.9. The molecule has 0 spiro atoms. The first-order valence-electron chi connectivity index (χ1n) is 14.2. The molecule has 1 aromatic rings. The summed E-state index contributed by atoms with van der Waals surface area (Å²) in [6.45, 7) is 28.5. The molecule has 0 aliphatic carbocycles. The number of rotatable bonds is 13. The van der Waals surface area contributed by atoms with Crippen molar-refractivity contribution in [2.75, 3.05) is 26.9 Å². The molecule has 0 amide bonds. The average Bonchev–Trinajstić information content (AvgIpc) is 3.02.